The van der Waals surface area contributed by atoms with Crippen molar-refractivity contribution in [1.82, 2.24) is 19.9 Å². The molecule has 39 heavy (non-hydrogen) atoms. The molecule has 7 heteroatoms. The molecule has 3 aromatic carbocycles. The Morgan fingerprint density at radius 2 is 1.64 bits per heavy atom. The van der Waals surface area contributed by atoms with Crippen molar-refractivity contribution >= 4 is 22.4 Å². The van der Waals surface area contributed by atoms with Crippen LogP contribution in [0.5, 0.6) is 11.6 Å². The fraction of sp³-hybridized carbons (Fsp3) is 0.219. The normalized spacial score (nSPS) is 20.1. The average molecular weight is 516 g/mol. The highest BCUT2D eigenvalue weighted by molar-refractivity contribution is 5.93. The first kappa shape index (κ1) is 23.8. The fourth-order valence-electron chi connectivity index (χ4n) is 5.79. The van der Waals surface area contributed by atoms with Gasteiger partial charge in [-0.05, 0) is 64.8 Å². The predicted molar refractivity (Wildman–Crippen MR) is 152 cm³/mol. The highest BCUT2D eigenvalue weighted by Gasteiger charge is 2.54. The molecular weight excluding hydrogens is 486 g/mol. The number of para-hydroxylation sites is 1. The number of rotatable bonds is 8. The van der Waals surface area contributed by atoms with E-state index in [1.54, 1.807) is 12.5 Å². The number of likely N-dealkylation sites (tertiary alicyclic amines) is 1. The van der Waals surface area contributed by atoms with Crippen LogP contribution in [0.15, 0.2) is 97.5 Å². The van der Waals surface area contributed by atoms with Gasteiger partial charge < -0.3 is 15.2 Å². The first-order chi connectivity index (χ1) is 19.2. The molecule has 194 valence electrons. The van der Waals surface area contributed by atoms with Gasteiger partial charge in [-0.25, -0.2) is 15.0 Å². The highest BCUT2D eigenvalue weighted by atomic mass is 16.5. The van der Waals surface area contributed by atoms with Gasteiger partial charge in [0.25, 0.3) is 0 Å². The van der Waals surface area contributed by atoms with Crippen LogP contribution in [-0.2, 0) is 6.54 Å². The van der Waals surface area contributed by atoms with Crippen LogP contribution in [0.3, 0.4) is 0 Å². The van der Waals surface area contributed by atoms with Gasteiger partial charge >= 0.3 is 0 Å². The zero-order chi connectivity index (χ0) is 26.2. The highest BCUT2D eigenvalue weighted by Crippen LogP contribution is 2.51. The Bertz CT molecular complexity index is 1580. The van der Waals surface area contributed by atoms with Crippen LogP contribution in [0.25, 0.3) is 22.0 Å². The molecule has 1 aliphatic heterocycles. The number of aliphatic hydroxyl groups is 1. The number of fused-ring (bicyclic) bond motifs is 2. The lowest BCUT2D eigenvalue weighted by atomic mass is 10.0. The van der Waals surface area contributed by atoms with Gasteiger partial charge in [-0.2, -0.15) is 0 Å². The number of benzene rings is 3. The Labute approximate surface area is 227 Å². The molecule has 1 aliphatic carbocycles. The van der Waals surface area contributed by atoms with Crippen LogP contribution < -0.4 is 10.1 Å². The molecule has 2 atom stereocenters. The van der Waals surface area contributed by atoms with E-state index in [0.717, 1.165) is 58.9 Å². The summed E-state index contributed by atoms with van der Waals surface area (Å²) in [5.41, 5.74) is 5.28. The second-order valence-electron chi connectivity index (χ2n) is 10.4. The number of nitrogens with one attached hydrogen (secondary N) is 1. The Kier molecular flexibility index (Phi) is 6.15. The molecule has 7 nitrogen and oxygen atoms in total. The minimum atomic E-state index is 0.346. The summed E-state index contributed by atoms with van der Waals surface area (Å²) >= 11 is 0. The lowest BCUT2D eigenvalue weighted by molar-refractivity contribution is 0.217. The molecular formula is C32H29N5O2. The van der Waals surface area contributed by atoms with Crippen LogP contribution in [0.4, 0.5) is 11.5 Å². The van der Waals surface area contributed by atoms with Crippen molar-refractivity contribution in [3.8, 4) is 22.8 Å². The second-order valence-corrected chi connectivity index (χ2v) is 10.4. The topological polar surface area (TPSA) is 83.4 Å². The van der Waals surface area contributed by atoms with Crippen molar-refractivity contribution in [1.29, 1.82) is 0 Å². The Hall–Kier alpha value is -4.33. The van der Waals surface area contributed by atoms with Crippen LogP contribution >= 0.6 is 0 Å². The molecule has 7 rings (SSSR count). The molecule has 2 N–H and O–H groups in total. The van der Waals surface area contributed by atoms with Crippen molar-refractivity contribution in [2.24, 2.45) is 17.8 Å². The molecule has 2 unspecified atom stereocenters. The van der Waals surface area contributed by atoms with E-state index < -0.39 is 0 Å². The zero-order valence-corrected chi connectivity index (χ0v) is 21.4. The summed E-state index contributed by atoms with van der Waals surface area (Å²) < 4.78 is 5.80. The largest absolute Gasteiger partial charge is 0.439 e. The molecule has 0 bridgehead atoms. The predicted octanol–water partition coefficient (Wildman–Crippen LogP) is 5.90. The number of anilines is 2. The van der Waals surface area contributed by atoms with Crippen molar-refractivity contribution in [3.05, 3.63) is 103 Å². The molecule has 3 heterocycles. The molecule has 0 radical (unpaired) electrons. The molecule has 0 spiro atoms. The van der Waals surface area contributed by atoms with E-state index in [1.165, 1.54) is 5.56 Å². The lowest BCUT2D eigenvalue weighted by Crippen LogP contribution is -2.24. The van der Waals surface area contributed by atoms with Gasteiger partial charge in [0.1, 0.15) is 17.9 Å². The lowest BCUT2D eigenvalue weighted by Gasteiger charge is -2.19. The van der Waals surface area contributed by atoms with Gasteiger partial charge in [0, 0.05) is 37.7 Å². The standard InChI is InChI=1S/C32H29N5O2/c38-19-29-27-17-37(18-28(27)29)16-21-6-8-22(9-7-21)23-10-12-30-26(14-23)32(35-20-34-30)36-24-11-13-31(33-15-24)39-25-4-2-1-3-5-25/h1-15,20,27-29,38H,16-19H2,(H,34,35,36). The zero-order valence-electron chi connectivity index (χ0n) is 21.4. The monoisotopic (exact) mass is 515 g/mol. The Morgan fingerprint density at radius 1 is 0.846 bits per heavy atom. The molecule has 5 aromatic rings. The van der Waals surface area contributed by atoms with Gasteiger partial charge in [-0.1, -0.05) is 48.5 Å². The van der Waals surface area contributed by atoms with Gasteiger partial charge in [-0.15, -0.1) is 0 Å². The summed E-state index contributed by atoms with van der Waals surface area (Å²) in [5.74, 6) is 3.95. The summed E-state index contributed by atoms with van der Waals surface area (Å²) in [6.45, 7) is 3.53. The van der Waals surface area contributed by atoms with Crippen molar-refractivity contribution < 1.29 is 9.84 Å². The maximum atomic E-state index is 9.40. The third-order valence-electron chi connectivity index (χ3n) is 7.95. The van der Waals surface area contributed by atoms with Crippen LogP contribution in [0.1, 0.15) is 5.56 Å². The second kappa shape index (κ2) is 10.1. The SMILES string of the molecule is OCC1C2CN(Cc3ccc(-c4ccc5ncnc(Nc6ccc(Oc7ccccc7)nc6)c5c4)cc3)CC12. The number of nitrogens with zero attached hydrogens (tertiary/aromatic N) is 4. The van der Waals surface area contributed by atoms with Crippen LogP contribution in [-0.4, -0.2) is 44.7 Å². The quantitative estimate of drug-likeness (QED) is 0.266. The van der Waals surface area contributed by atoms with Crippen molar-refractivity contribution in [3.63, 3.8) is 0 Å². The summed E-state index contributed by atoms with van der Waals surface area (Å²) in [5, 5.41) is 13.7. The molecule has 2 aromatic heterocycles. The van der Waals surface area contributed by atoms with Crippen LogP contribution in [0.2, 0.25) is 0 Å². The third-order valence-corrected chi connectivity index (χ3v) is 7.95. The fourth-order valence-corrected chi connectivity index (χ4v) is 5.79. The van der Waals surface area contributed by atoms with Gasteiger partial charge in [0.15, 0.2) is 0 Å². The number of aliphatic hydroxyl groups excluding tert-OH is 1. The smallest absolute Gasteiger partial charge is 0.219 e. The van der Waals surface area contributed by atoms with Crippen molar-refractivity contribution in [2.75, 3.05) is 25.0 Å². The summed E-state index contributed by atoms with van der Waals surface area (Å²) in [4.78, 5) is 15.9. The first-order valence-electron chi connectivity index (χ1n) is 13.4. The number of hydrogen-bond donors (Lipinski definition) is 2. The third kappa shape index (κ3) is 4.94. The summed E-state index contributed by atoms with van der Waals surface area (Å²) in [6.07, 6.45) is 3.31. The summed E-state index contributed by atoms with van der Waals surface area (Å²) in [7, 11) is 0. The Morgan fingerprint density at radius 3 is 2.38 bits per heavy atom. The number of pyridine rings is 1. The van der Waals surface area contributed by atoms with E-state index in [9.17, 15) is 5.11 Å². The number of hydrogen-bond acceptors (Lipinski definition) is 7. The number of ether oxygens (including phenoxy) is 1. The van der Waals surface area contributed by atoms with Gasteiger partial charge in [0.2, 0.25) is 5.88 Å². The molecule has 0 amide bonds. The summed E-state index contributed by atoms with van der Waals surface area (Å²) in [6, 6.07) is 28.5. The van der Waals surface area contributed by atoms with Crippen LogP contribution in [0, 0.1) is 17.8 Å². The minimum Gasteiger partial charge on any atom is -0.439 e. The molecule has 1 saturated carbocycles. The van der Waals surface area contributed by atoms with Crippen molar-refractivity contribution in [2.45, 2.75) is 6.54 Å². The van der Waals surface area contributed by atoms with E-state index >= 15 is 0 Å². The molecule has 2 fully saturated rings. The van der Waals surface area contributed by atoms with E-state index in [2.05, 4.69) is 61.6 Å². The Balaban J connectivity index is 1.06. The van der Waals surface area contributed by atoms with Gasteiger partial charge in [0.05, 0.1) is 17.4 Å². The van der Waals surface area contributed by atoms with Gasteiger partial charge in [-0.3, -0.25) is 4.90 Å². The molecule has 2 aliphatic rings. The maximum Gasteiger partial charge on any atom is 0.219 e. The maximum absolute atomic E-state index is 9.40. The average Bonchev–Trinajstić information content (AvgIpc) is 3.46. The van der Waals surface area contributed by atoms with E-state index in [1.807, 2.05) is 48.5 Å². The minimum absolute atomic E-state index is 0.346. The number of piperidine rings is 1. The van der Waals surface area contributed by atoms with E-state index in [-0.39, 0.29) is 0 Å². The van der Waals surface area contributed by atoms with E-state index in [0.29, 0.717) is 30.2 Å². The first-order valence-corrected chi connectivity index (χ1v) is 13.4. The molecule has 1 saturated heterocycles. The number of aromatic nitrogens is 3. The van der Waals surface area contributed by atoms with E-state index in [4.69, 9.17) is 4.74 Å².